The Bertz CT molecular complexity index is 639. The van der Waals surface area contributed by atoms with Gasteiger partial charge in [0.15, 0.2) is 0 Å². The number of hydrogen-bond donors (Lipinski definition) is 2. The summed E-state index contributed by atoms with van der Waals surface area (Å²) in [6, 6.07) is 1.94. The third-order valence-electron chi connectivity index (χ3n) is 3.06. The number of aryl methyl sites for hydroxylation is 1. The van der Waals surface area contributed by atoms with E-state index in [4.69, 9.17) is 11.0 Å². The second-order valence-electron chi connectivity index (χ2n) is 5.02. The molecule has 0 saturated carbocycles. The number of nitriles is 1. The molecule has 110 valence electrons. The lowest BCUT2D eigenvalue weighted by atomic mass is 10.2. The summed E-state index contributed by atoms with van der Waals surface area (Å²) in [5.41, 5.74) is 5.93. The van der Waals surface area contributed by atoms with Crippen LogP contribution in [0.2, 0.25) is 0 Å². The van der Waals surface area contributed by atoms with Gasteiger partial charge in [-0.2, -0.15) is 10.2 Å². The molecule has 2 rings (SSSR count). The van der Waals surface area contributed by atoms with Crippen LogP contribution in [0.3, 0.4) is 0 Å². The Morgan fingerprint density at radius 1 is 1.43 bits per heavy atom. The molecule has 0 amide bonds. The molecule has 0 bridgehead atoms. The van der Waals surface area contributed by atoms with E-state index in [1.165, 1.54) is 6.20 Å². The van der Waals surface area contributed by atoms with Crippen LogP contribution < -0.4 is 11.1 Å². The number of nitrogens with two attached hydrogens (primary N) is 1. The number of nitrogen functional groups attached to an aromatic ring is 1. The third-order valence-corrected chi connectivity index (χ3v) is 3.06. The Kier molecular flexibility index (Phi) is 4.72. The number of anilines is 2. The number of nitrogens with zero attached hydrogens (tertiary/aromatic N) is 5. The van der Waals surface area contributed by atoms with E-state index >= 15 is 0 Å². The van der Waals surface area contributed by atoms with Crippen molar-refractivity contribution >= 4 is 11.8 Å². The second-order valence-corrected chi connectivity index (χ2v) is 5.02. The highest BCUT2D eigenvalue weighted by Crippen LogP contribution is 2.12. The summed E-state index contributed by atoms with van der Waals surface area (Å²) in [4.78, 5) is 12.4. The van der Waals surface area contributed by atoms with E-state index in [9.17, 15) is 0 Å². The molecule has 0 fully saturated rings. The van der Waals surface area contributed by atoms with E-state index in [-0.39, 0.29) is 5.82 Å². The SMILES string of the molecule is CC(C)c1nccn1CCCNc1ncc(C#N)c(N)n1. The molecule has 2 aromatic rings. The standard InChI is InChI=1S/C14H19N7/c1-10(2)13-17-5-7-21(13)6-3-4-18-14-19-9-11(8-15)12(16)20-14/h5,7,9-10H,3-4,6H2,1-2H3,(H3,16,18,19,20). The number of rotatable bonds is 6. The predicted octanol–water partition coefficient (Wildman–Crippen LogP) is 1.75. The van der Waals surface area contributed by atoms with Crippen LogP contribution in [0.15, 0.2) is 18.6 Å². The van der Waals surface area contributed by atoms with Crippen LogP contribution in [0.25, 0.3) is 0 Å². The summed E-state index contributed by atoms with van der Waals surface area (Å²) >= 11 is 0. The highest BCUT2D eigenvalue weighted by molar-refractivity contribution is 5.49. The number of nitrogens with one attached hydrogen (secondary N) is 1. The monoisotopic (exact) mass is 285 g/mol. The van der Waals surface area contributed by atoms with Crippen molar-refractivity contribution in [2.45, 2.75) is 32.7 Å². The maximum absolute atomic E-state index is 8.76. The Balaban J connectivity index is 1.84. The van der Waals surface area contributed by atoms with Gasteiger partial charge in [0.2, 0.25) is 5.95 Å². The van der Waals surface area contributed by atoms with Gasteiger partial charge >= 0.3 is 0 Å². The zero-order chi connectivity index (χ0) is 15.2. The molecule has 0 unspecified atom stereocenters. The first-order valence-corrected chi connectivity index (χ1v) is 6.89. The highest BCUT2D eigenvalue weighted by atomic mass is 15.1. The molecule has 0 spiro atoms. The molecule has 0 aliphatic heterocycles. The van der Waals surface area contributed by atoms with Crippen LogP contribution in [0.5, 0.6) is 0 Å². The zero-order valence-electron chi connectivity index (χ0n) is 12.2. The van der Waals surface area contributed by atoms with Gasteiger partial charge in [-0.05, 0) is 6.42 Å². The molecule has 7 nitrogen and oxygen atoms in total. The van der Waals surface area contributed by atoms with Gasteiger partial charge in [0.25, 0.3) is 0 Å². The third kappa shape index (κ3) is 3.69. The number of imidazole rings is 1. The summed E-state index contributed by atoms with van der Waals surface area (Å²) in [5.74, 6) is 2.15. The molecule has 0 saturated heterocycles. The van der Waals surface area contributed by atoms with E-state index in [0.29, 0.717) is 17.4 Å². The van der Waals surface area contributed by atoms with Crippen LogP contribution in [-0.2, 0) is 6.54 Å². The number of aromatic nitrogens is 4. The van der Waals surface area contributed by atoms with Gasteiger partial charge in [0.05, 0.1) is 6.20 Å². The van der Waals surface area contributed by atoms with E-state index in [1.54, 1.807) is 0 Å². The van der Waals surface area contributed by atoms with E-state index in [0.717, 1.165) is 25.3 Å². The predicted molar refractivity (Wildman–Crippen MR) is 80.6 cm³/mol. The van der Waals surface area contributed by atoms with Gasteiger partial charge in [-0.1, -0.05) is 13.8 Å². The van der Waals surface area contributed by atoms with Crippen molar-refractivity contribution in [3.8, 4) is 6.07 Å². The van der Waals surface area contributed by atoms with Crippen molar-refractivity contribution in [1.29, 1.82) is 5.26 Å². The van der Waals surface area contributed by atoms with Gasteiger partial charge in [0.1, 0.15) is 23.3 Å². The molecule has 0 aromatic carbocycles. The molecule has 2 heterocycles. The lowest BCUT2D eigenvalue weighted by Gasteiger charge is -2.10. The van der Waals surface area contributed by atoms with Crippen LogP contribution in [-0.4, -0.2) is 26.1 Å². The summed E-state index contributed by atoms with van der Waals surface area (Å²) in [6.07, 6.45) is 6.16. The minimum atomic E-state index is 0.201. The summed E-state index contributed by atoms with van der Waals surface area (Å²) in [7, 11) is 0. The Morgan fingerprint density at radius 2 is 2.24 bits per heavy atom. The summed E-state index contributed by atoms with van der Waals surface area (Å²) < 4.78 is 2.15. The second kappa shape index (κ2) is 6.70. The smallest absolute Gasteiger partial charge is 0.224 e. The van der Waals surface area contributed by atoms with Crippen LogP contribution >= 0.6 is 0 Å². The molecule has 0 radical (unpaired) electrons. The molecular formula is C14H19N7. The minimum Gasteiger partial charge on any atom is -0.382 e. The quantitative estimate of drug-likeness (QED) is 0.783. The van der Waals surface area contributed by atoms with Gasteiger partial charge in [0, 0.05) is 31.4 Å². The van der Waals surface area contributed by atoms with Crippen LogP contribution in [0.4, 0.5) is 11.8 Å². The highest BCUT2D eigenvalue weighted by Gasteiger charge is 2.07. The fourth-order valence-corrected chi connectivity index (χ4v) is 2.03. The Morgan fingerprint density at radius 3 is 2.90 bits per heavy atom. The molecule has 7 heteroatoms. The fraction of sp³-hybridized carbons (Fsp3) is 0.429. The van der Waals surface area contributed by atoms with E-state index in [1.807, 2.05) is 18.5 Å². The largest absolute Gasteiger partial charge is 0.382 e. The number of hydrogen-bond acceptors (Lipinski definition) is 6. The molecule has 21 heavy (non-hydrogen) atoms. The normalized spacial score (nSPS) is 10.6. The van der Waals surface area contributed by atoms with Crippen molar-refractivity contribution in [2.24, 2.45) is 0 Å². The molecular weight excluding hydrogens is 266 g/mol. The van der Waals surface area contributed by atoms with Crippen molar-refractivity contribution in [2.75, 3.05) is 17.6 Å². The first kappa shape index (κ1) is 14.8. The molecule has 0 aliphatic rings. The minimum absolute atomic E-state index is 0.201. The van der Waals surface area contributed by atoms with Gasteiger partial charge in [-0.3, -0.25) is 0 Å². The molecule has 3 N–H and O–H groups in total. The van der Waals surface area contributed by atoms with Crippen molar-refractivity contribution in [3.63, 3.8) is 0 Å². The molecule has 0 atom stereocenters. The van der Waals surface area contributed by atoms with Crippen molar-refractivity contribution in [1.82, 2.24) is 19.5 Å². The molecule has 0 aliphatic carbocycles. The lowest BCUT2D eigenvalue weighted by Crippen LogP contribution is -2.11. The summed E-state index contributed by atoms with van der Waals surface area (Å²) in [6.45, 7) is 5.86. The first-order chi connectivity index (χ1) is 10.1. The van der Waals surface area contributed by atoms with E-state index in [2.05, 4.69) is 38.7 Å². The lowest BCUT2D eigenvalue weighted by molar-refractivity contribution is 0.600. The average Bonchev–Trinajstić information content (AvgIpc) is 2.92. The van der Waals surface area contributed by atoms with Crippen LogP contribution in [0.1, 0.15) is 37.6 Å². The van der Waals surface area contributed by atoms with Crippen molar-refractivity contribution < 1.29 is 0 Å². The van der Waals surface area contributed by atoms with Gasteiger partial charge in [-0.25, -0.2) is 9.97 Å². The Hall–Kier alpha value is -2.62. The fourth-order valence-electron chi connectivity index (χ4n) is 2.03. The maximum atomic E-state index is 8.76. The first-order valence-electron chi connectivity index (χ1n) is 6.89. The Labute approximate surface area is 123 Å². The zero-order valence-corrected chi connectivity index (χ0v) is 12.2. The van der Waals surface area contributed by atoms with Crippen LogP contribution in [0, 0.1) is 11.3 Å². The van der Waals surface area contributed by atoms with Gasteiger partial charge in [-0.15, -0.1) is 0 Å². The van der Waals surface area contributed by atoms with E-state index < -0.39 is 0 Å². The van der Waals surface area contributed by atoms with Gasteiger partial charge < -0.3 is 15.6 Å². The van der Waals surface area contributed by atoms with Crippen molar-refractivity contribution in [3.05, 3.63) is 30.0 Å². The molecule has 2 aromatic heterocycles. The maximum Gasteiger partial charge on any atom is 0.224 e. The average molecular weight is 285 g/mol. The topological polar surface area (TPSA) is 105 Å². The summed E-state index contributed by atoms with van der Waals surface area (Å²) in [5, 5.41) is 11.9.